The summed E-state index contributed by atoms with van der Waals surface area (Å²) < 4.78 is 0. The molecule has 0 aliphatic carbocycles. The monoisotopic (exact) mass is 452 g/mol. The molecule has 28 heavy (non-hydrogen) atoms. The van der Waals surface area contributed by atoms with E-state index in [1.165, 1.54) is 12.1 Å². The van der Waals surface area contributed by atoms with Crippen molar-refractivity contribution in [3.05, 3.63) is 91.9 Å². The van der Waals surface area contributed by atoms with Gasteiger partial charge in [0.25, 0.3) is 11.8 Å². The first-order chi connectivity index (χ1) is 13.3. The zero-order chi connectivity index (χ0) is 20.3. The van der Waals surface area contributed by atoms with Crippen LogP contribution in [0.2, 0.25) is 20.1 Å². The van der Waals surface area contributed by atoms with E-state index in [4.69, 9.17) is 46.4 Å². The molecule has 0 aliphatic heterocycles. The molecule has 0 saturated carbocycles. The minimum Gasteiger partial charge on any atom is -0.322 e. The third-order valence-electron chi connectivity index (χ3n) is 3.76. The van der Waals surface area contributed by atoms with Gasteiger partial charge in [0.05, 0.1) is 20.6 Å². The average Bonchev–Trinajstić information content (AvgIpc) is 2.65. The second-order valence-corrected chi connectivity index (χ2v) is 7.40. The van der Waals surface area contributed by atoms with Crippen LogP contribution >= 0.6 is 46.4 Å². The van der Waals surface area contributed by atoms with Crippen molar-refractivity contribution in [2.75, 3.05) is 10.6 Å². The summed E-state index contributed by atoms with van der Waals surface area (Å²) in [5.74, 6) is -0.697. The lowest BCUT2D eigenvalue weighted by Gasteiger charge is -2.09. The summed E-state index contributed by atoms with van der Waals surface area (Å²) in [6.07, 6.45) is 0. The van der Waals surface area contributed by atoms with E-state index in [1.54, 1.807) is 48.5 Å². The number of benzene rings is 3. The molecule has 0 atom stereocenters. The highest BCUT2D eigenvalue weighted by molar-refractivity contribution is 6.42. The second kappa shape index (κ2) is 8.84. The number of hydrogen-bond donors (Lipinski definition) is 2. The Morgan fingerprint density at radius 1 is 0.607 bits per heavy atom. The summed E-state index contributed by atoms with van der Waals surface area (Å²) >= 11 is 23.7. The van der Waals surface area contributed by atoms with Crippen LogP contribution in [0.1, 0.15) is 20.7 Å². The molecule has 0 aromatic heterocycles. The van der Waals surface area contributed by atoms with Crippen molar-refractivity contribution in [3.8, 4) is 0 Å². The SMILES string of the molecule is O=C(Nc1ccc(NC(=O)c2ccc(Cl)cc2Cl)cc1)c1ccc(Cl)c(Cl)c1. The fourth-order valence-corrected chi connectivity index (χ4v) is 3.14. The summed E-state index contributed by atoms with van der Waals surface area (Å²) in [7, 11) is 0. The summed E-state index contributed by atoms with van der Waals surface area (Å²) in [6.45, 7) is 0. The Bertz CT molecular complexity index is 1050. The second-order valence-electron chi connectivity index (χ2n) is 5.74. The van der Waals surface area contributed by atoms with Crippen LogP contribution in [-0.2, 0) is 0 Å². The highest BCUT2D eigenvalue weighted by Crippen LogP contribution is 2.24. The normalized spacial score (nSPS) is 10.4. The van der Waals surface area contributed by atoms with Crippen LogP contribution in [-0.4, -0.2) is 11.8 Å². The molecule has 8 heteroatoms. The van der Waals surface area contributed by atoms with E-state index in [0.29, 0.717) is 37.6 Å². The summed E-state index contributed by atoms with van der Waals surface area (Å²) in [5, 5.41) is 6.86. The van der Waals surface area contributed by atoms with E-state index in [0.717, 1.165) is 0 Å². The standard InChI is InChI=1S/C20H12Cl4N2O2/c21-12-2-7-15(17(23)10-12)20(28)26-14-5-3-13(4-6-14)25-19(27)11-1-8-16(22)18(24)9-11/h1-10H,(H,25,27)(H,26,28). The average molecular weight is 454 g/mol. The molecule has 142 valence electrons. The molecule has 4 nitrogen and oxygen atoms in total. The lowest BCUT2D eigenvalue weighted by molar-refractivity contribution is 0.101. The molecule has 3 aromatic rings. The fourth-order valence-electron chi connectivity index (χ4n) is 2.35. The van der Waals surface area contributed by atoms with E-state index in [1.807, 2.05) is 0 Å². The molecular weight excluding hydrogens is 442 g/mol. The lowest BCUT2D eigenvalue weighted by Crippen LogP contribution is -2.13. The van der Waals surface area contributed by atoms with Crippen LogP contribution in [0.25, 0.3) is 0 Å². The van der Waals surface area contributed by atoms with E-state index in [2.05, 4.69) is 10.6 Å². The van der Waals surface area contributed by atoms with Crippen LogP contribution in [0.3, 0.4) is 0 Å². The molecule has 0 bridgehead atoms. The maximum Gasteiger partial charge on any atom is 0.257 e. The molecule has 0 saturated heterocycles. The van der Waals surface area contributed by atoms with Crippen molar-refractivity contribution in [3.63, 3.8) is 0 Å². The van der Waals surface area contributed by atoms with Gasteiger partial charge in [-0.3, -0.25) is 9.59 Å². The number of carbonyl (C=O) groups is 2. The largest absolute Gasteiger partial charge is 0.322 e. The fraction of sp³-hybridized carbons (Fsp3) is 0. The van der Waals surface area contributed by atoms with Crippen LogP contribution in [0, 0.1) is 0 Å². The molecule has 0 heterocycles. The van der Waals surface area contributed by atoms with E-state index in [9.17, 15) is 9.59 Å². The first-order valence-corrected chi connectivity index (χ1v) is 9.47. The van der Waals surface area contributed by atoms with Crippen molar-refractivity contribution >= 4 is 69.6 Å². The Balaban J connectivity index is 1.66. The van der Waals surface area contributed by atoms with Gasteiger partial charge in [-0.15, -0.1) is 0 Å². The van der Waals surface area contributed by atoms with Crippen molar-refractivity contribution in [1.29, 1.82) is 0 Å². The van der Waals surface area contributed by atoms with Crippen LogP contribution < -0.4 is 10.6 Å². The van der Waals surface area contributed by atoms with Crippen molar-refractivity contribution < 1.29 is 9.59 Å². The van der Waals surface area contributed by atoms with Gasteiger partial charge in [-0.25, -0.2) is 0 Å². The molecule has 0 spiro atoms. The highest BCUT2D eigenvalue weighted by atomic mass is 35.5. The van der Waals surface area contributed by atoms with Crippen molar-refractivity contribution in [1.82, 2.24) is 0 Å². The number of halogens is 4. The topological polar surface area (TPSA) is 58.2 Å². The van der Waals surface area contributed by atoms with Gasteiger partial charge in [-0.05, 0) is 60.7 Å². The maximum atomic E-state index is 12.3. The van der Waals surface area contributed by atoms with Gasteiger partial charge in [0.2, 0.25) is 0 Å². The third kappa shape index (κ3) is 4.97. The van der Waals surface area contributed by atoms with Gasteiger partial charge in [0.15, 0.2) is 0 Å². The number of amides is 2. The Kier molecular flexibility index (Phi) is 6.47. The summed E-state index contributed by atoms with van der Waals surface area (Å²) in [4.78, 5) is 24.6. The van der Waals surface area contributed by atoms with Gasteiger partial charge in [0, 0.05) is 22.0 Å². The van der Waals surface area contributed by atoms with Gasteiger partial charge >= 0.3 is 0 Å². The molecule has 2 amide bonds. The number of rotatable bonds is 4. The van der Waals surface area contributed by atoms with Crippen LogP contribution in [0.15, 0.2) is 60.7 Å². The Morgan fingerprint density at radius 2 is 1.21 bits per heavy atom. The maximum absolute atomic E-state index is 12.3. The van der Waals surface area contributed by atoms with Crippen LogP contribution in [0.4, 0.5) is 11.4 Å². The first-order valence-electron chi connectivity index (χ1n) is 7.96. The van der Waals surface area contributed by atoms with E-state index >= 15 is 0 Å². The Morgan fingerprint density at radius 3 is 1.79 bits per heavy atom. The molecule has 3 rings (SSSR count). The molecule has 0 aliphatic rings. The smallest absolute Gasteiger partial charge is 0.257 e. The lowest BCUT2D eigenvalue weighted by atomic mass is 10.2. The predicted molar refractivity (Wildman–Crippen MR) is 115 cm³/mol. The molecule has 0 unspecified atom stereocenters. The number of hydrogen-bond acceptors (Lipinski definition) is 2. The minimum absolute atomic E-state index is 0.260. The van der Waals surface area contributed by atoms with Gasteiger partial charge in [-0.2, -0.15) is 0 Å². The third-order valence-corrected chi connectivity index (χ3v) is 5.05. The van der Waals surface area contributed by atoms with Crippen molar-refractivity contribution in [2.24, 2.45) is 0 Å². The Hall–Kier alpha value is -2.24. The molecule has 3 aromatic carbocycles. The molecular formula is C20H12Cl4N2O2. The van der Waals surface area contributed by atoms with Crippen LogP contribution in [0.5, 0.6) is 0 Å². The van der Waals surface area contributed by atoms with E-state index < -0.39 is 0 Å². The van der Waals surface area contributed by atoms with Gasteiger partial charge in [0.1, 0.15) is 0 Å². The molecule has 0 radical (unpaired) electrons. The quantitative estimate of drug-likeness (QED) is 0.456. The highest BCUT2D eigenvalue weighted by Gasteiger charge is 2.12. The Labute approximate surface area is 181 Å². The molecule has 0 fully saturated rings. The summed E-state index contributed by atoms with van der Waals surface area (Å²) in [6, 6.07) is 15.9. The number of nitrogens with one attached hydrogen (secondary N) is 2. The molecule has 2 N–H and O–H groups in total. The van der Waals surface area contributed by atoms with Gasteiger partial charge < -0.3 is 10.6 Å². The predicted octanol–water partition coefficient (Wildman–Crippen LogP) is 6.80. The zero-order valence-electron chi connectivity index (χ0n) is 14.1. The number of anilines is 2. The number of carbonyl (C=O) groups excluding carboxylic acids is 2. The van der Waals surface area contributed by atoms with Crippen molar-refractivity contribution in [2.45, 2.75) is 0 Å². The zero-order valence-corrected chi connectivity index (χ0v) is 17.1. The summed E-state index contributed by atoms with van der Waals surface area (Å²) in [5.41, 5.74) is 1.79. The first kappa shape index (κ1) is 20.5. The minimum atomic E-state index is -0.366. The van der Waals surface area contributed by atoms with Gasteiger partial charge in [-0.1, -0.05) is 46.4 Å². The van der Waals surface area contributed by atoms with E-state index in [-0.39, 0.29) is 16.8 Å².